The van der Waals surface area contributed by atoms with Crippen LogP contribution in [0.25, 0.3) is 6.08 Å². The van der Waals surface area contributed by atoms with Crippen molar-refractivity contribution in [3.8, 4) is 0 Å². The standard InChI is InChI=1S/C9H12N2O2/c1-3-13-9(12)5-4-8-6-7-11(2)10-8/h4-7H,3H2,1-2H3. The van der Waals surface area contributed by atoms with Crippen LogP contribution in [-0.2, 0) is 16.6 Å². The molecule has 0 saturated heterocycles. The highest BCUT2D eigenvalue weighted by Gasteiger charge is 1.95. The minimum atomic E-state index is -0.340. The summed E-state index contributed by atoms with van der Waals surface area (Å²) >= 11 is 0. The zero-order valence-electron chi connectivity index (χ0n) is 7.73. The van der Waals surface area contributed by atoms with Crippen molar-refractivity contribution in [2.24, 2.45) is 7.05 Å². The van der Waals surface area contributed by atoms with Gasteiger partial charge in [-0.25, -0.2) is 4.79 Å². The molecule has 1 rings (SSSR count). The molecule has 0 aromatic carbocycles. The zero-order valence-corrected chi connectivity index (χ0v) is 7.73. The summed E-state index contributed by atoms with van der Waals surface area (Å²) in [5, 5.41) is 4.06. The molecule has 0 N–H and O–H groups in total. The van der Waals surface area contributed by atoms with Crippen LogP contribution in [0.1, 0.15) is 12.6 Å². The molecule has 0 unspecified atom stereocenters. The first-order valence-corrected chi connectivity index (χ1v) is 4.07. The van der Waals surface area contributed by atoms with E-state index in [-0.39, 0.29) is 5.97 Å². The van der Waals surface area contributed by atoms with E-state index in [4.69, 9.17) is 4.74 Å². The van der Waals surface area contributed by atoms with E-state index in [2.05, 4.69) is 5.10 Å². The maximum absolute atomic E-state index is 10.9. The molecule has 0 spiro atoms. The molecule has 0 aliphatic rings. The third-order valence-electron chi connectivity index (χ3n) is 1.41. The second-order valence-corrected chi connectivity index (χ2v) is 2.50. The monoisotopic (exact) mass is 180 g/mol. The van der Waals surface area contributed by atoms with Gasteiger partial charge in [0.1, 0.15) is 0 Å². The molecule has 1 aromatic rings. The molecule has 0 amide bonds. The second-order valence-electron chi connectivity index (χ2n) is 2.50. The van der Waals surface area contributed by atoms with Crippen molar-refractivity contribution in [3.63, 3.8) is 0 Å². The van der Waals surface area contributed by atoms with Crippen molar-refractivity contribution < 1.29 is 9.53 Å². The molecule has 0 atom stereocenters. The van der Waals surface area contributed by atoms with Crippen LogP contribution in [0.4, 0.5) is 0 Å². The van der Waals surface area contributed by atoms with Crippen LogP contribution in [0, 0.1) is 0 Å². The zero-order chi connectivity index (χ0) is 9.68. The summed E-state index contributed by atoms with van der Waals surface area (Å²) in [6.45, 7) is 2.16. The number of esters is 1. The second kappa shape index (κ2) is 4.45. The molecule has 0 bridgehead atoms. The Morgan fingerprint density at radius 2 is 2.54 bits per heavy atom. The molecule has 0 aliphatic heterocycles. The molecule has 70 valence electrons. The fourth-order valence-corrected chi connectivity index (χ4v) is 0.866. The average molecular weight is 180 g/mol. The number of ether oxygens (including phenoxy) is 1. The number of aromatic nitrogens is 2. The van der Waals surface area contributed by atoms with Crippen molar-refractivity contribution in [2.45, 2.75) is 6.92 Å². The van der Waals surface area contributed by atoms with Gasteiger partial charge in [0.15, 0.2) is 0 Å². The van der Waals surface area contributed by atoms with Crippen molar-refractivity contribution in [3.05, 3.63) is 24.0 Å². The van der Waals surface area contributed by atoms with Gasteiger partial charge in [0.05, 0.1) is 12.3 Å². The highest BCUT2D eigenvalue weighted by atomic mass is 16.5. The molecule has 0 radical (unpaired) electrons. The Labute approximate surface area is 76.8 Å². The van der Waals surface area contributed by atoms with Crippen LogP contribution < -0.4 is 0 Å². The highest BCUT2D eigenvalue weighted by Crippen LogP contribution is 1.97. The summed E-state index contributed by atoms with van der Waals surface area (Å²) in [5.74, 6) is -0.340. The molecule has 4 heteroatoms. The van der Waals surface area contributed by atoms with E-state index in [0.717, 1.165) is 5.69 Å². The Balaban J connectivity index is 2.53. The van der Waals surface area contributed by atoms with Crippen LogP contribution in [0.15, 0.2) is 18.3 Å². The summed E-state index contributed by atoms with van der Waals surface area (Å²) in [7, 11) is 1.82. The van der Waals surface area contributed by atoms with E-state index < -0.39 is 0 Å². The van der Waals surface area contributed by atoms with Crippen molar-refractivity contribution in [1.29, 1.82) is 0 Å². The summed E-state index contributed by atoms with van der Waals surface area (Å²) in [5.41, 5.74) is 0.746. The van der Waals surface area contributed by atoms with E-state index in [0.29, 0.717) is 6.61 Å². The lowest BCUT2D eigenvalue weighted by molar-refractivity contribution is -0.137. The van der Waals surface area contributed by atoms with E-state index in [1.54, 1.807) is 17.7 Å². The molecule has 13 heavy (non-hydrogen) atoms. The number of aryl methyl sites for hydroxylation is 1. The molecule has 0 fully saturated rings. The number of hydrogen-bond donors (Lipinski definition) is 0. The van der Waals surface area contributed by atoms with Gasteiger partial charge in [-0.15, -0.1) is 0 Å². The summed E-state index contributed by atoms with van der Waals surface area (Å²) in [6, 6.07) is 1.82. The predicted octanol–water partition coefficient (Wildman–Crippen LogP) is 0.996. The first kappa shape index (κ1) is 9.51. The van der Waals surface area contributed by atoms with Crippen LogP contribution >= 0.6 is 0 Å². The van der Waals surface area contributed by atoms with Gasteiger partial charge in [0.2, 0.25) is 0 Å². The van der Waals surface area contributed by atoms with Crippen molar-refractivity contribution >= 4 is 12.0 Å². The van der Waals surface area contributed by atoms with Gasteiger partial charge in [-0.1, -0.05) is 0 Å². The SMILES string of the molecule is CCOC(=O)C=Cc1ccn(C)n1. The Bertz CT molecular complexity index is 315. The third kappa shape index (κ3) is 3.11. The van der Waals surface area contributed by atoms with E-state index in [1.165, 1.54) is 6.08 Å². The quantitative estimate of drug-likeness (QED) is 0.514. The normalized spacial score (nSPS) is 10.6. The maximum Gasteiger partial charge on any atom is 0.330 e. The molecule has 1 aromatic heterocycles. The lowest BCUT2D eigenvalue weighted by Crippen LogP contribution is -1.98. The topological polar surface area (TPSA) is 44.1 Å². The number of hydrogen-bond acceptors (Lipinski definition) is 3. The Morgan fingerprint density at radius 1 is 1.77 bits per heavy atom. The molecular formula is C9H12N2O2. The Kier molecular flexibility index (Phi) is 3.25. The fraction of sp³-hybridized carbons (Fsp3) is 0.333. The number of nitrogens with zero attached hydrogens (tertiary/aromatic N) is 2. The van der Waals surface area contributed by atoms with Crippen LogP contribution in [-0.4, -0.2) is 22.4 Å². The first-order chi connectivity index (χ1) is 6.22. The van der Waals surface area contributed by atoms with Gasteiger partial charge < -0.3 is 4.74 Å². The van der Waals surface area contributed by atoms with Gasteiger partial charge in [-0.3, -0.25) is 4.68 Å². The highest BCUT2D eigenvalue weighted by molar-refractivity contribution is 5.86. The first-order valence-electron chi connectivity index (χ1n) is 4.07. The van der Waals surface area contributed by atoms with E-state index >= 15 is 0 Å². The molecule has 0 saturated carbocycles. The summed E-state index contributed by atoms with van der Waals surface area (Å²) < 4.78 is 6.38. The lowest BCUT2D eigenvalue weighted by atomic mass is 10.4. The Hall–Kier alpha value is -1.58. The number of carbonyl (C=O) groups excluding carboxylic acids is 1. The molecular weight excluding hydrogens is 168 g/mol. The van der Waals surface area contributed by atoms with Gasteiger partial charge in [-0.05, 0) is 19.1 Å². The van der Waals surface area contributed by atoms with Crippen LogP contribution in [0.2, 0.25) is 0 Å². The summed E-state index contributed by atoms with van der Waals surface area (Å²) in [6.07, 6.45) is 4.80. The number of rotatable bonds is 3. The fourth-order valence-electron chi connectivity index (χ4n) is 0.866. The minimum Gasteiger partial charge on any atom is -0.463 e. The Morgan fingerprint density at radius 3 is 3.08 bits per heavy atom. The van der Waals surface area contributed by atoms with Gasteiger partial charge >= 0.3 is 5.97 Å². The molecule has 0 aliphatic carbocycles. The van der Waals surface area contributed by atoms with E-state index in [1.807, 2.05) is 19.3 Å². The van der Waals surface area contributed by atoms with Gasteiger partial charge in [0.25, 0.3) is 0 Å². The van der Waals surface area contributed by atoms with E-state index in [9.17, 15) is 4.79 Å². The summed E-state index contributed by atoms with van der Waals surface area (Å²) in [4.78, 5) is 10.9. The van der Waals surface area contributed by atoms with Gasteiger partial charge in [-0.2, -0.15) is 5.10 Å². The van der Waals surface area contributed by atoms with Crippen molar-refractivity contribution in [2.75, 3.05) is 6.61 Å². The van der Waals surface area contributed by atoms with Crippen LogP contribution in [0.5, 0.6) is 0 Å². The third-order valence-corrected chi connectivity index (χ3v) is 1.41. The molecule has 4 nitrogen and oxygen atoms in total. The van der Waals surface area contributed by atoms with Crippen molar-refractivity contribution in [1.82, 2.24) is 9.78 Å². The average Bonchev–Trinajstić information content (AvgIpc) is 2.49. The molecule has 1 heterocycles. The largest absolute Gasteiger partial charge is 0.463 e. The smallest absolute Gasteiger partial charge is 0.330 e. The maximum atomic E-state index is 10.9. The van der Waals surface area contributed by atoms with Gasteiger partial charge in [0, 0.05) is 19.3 Å². The van der Waals surface area contributed by atoms with Crippen LogP contribution in [0.3, 0.4) is 0 Å². The lowest BCUT2D eigenvalue weighted by Gasteiger charge is -1.93. The predicted molar refractivity (Wildman–Crippen MR) is 48.9 cm³/mol. The number of carbonyl (C=O) groups is 1. The minimum absolute atomic E-state index is 0.340.